The molecule has 114 valence electrons. The van der Waals surface area contributed by atoms with Crippen molar-refractivity contribution < 1.29 is 19.5 Å². The Balaban J connectivity index is 2.02. The molecule has 21 heavy (non-hydrogen) atoms. The molecular weight excluding hydrogens is 278 g/mol. The zero-order valence-electron chi connectivity index (χ0n) is 11.5. The normalized spacial score (nSPS) is 15.7. The van der Waals surface area contributed by atoms with Crippen LogP contribution in [0, 0.1) is 0 Å². The van der Waals surface area contributed by atoms with Crippen LogP contribution in [0.2, 0.25) is 0 Å². The molecule has 9 nitrogen and oxygen atoms in total. The van der Waals surface area contributed by atoms with Gasteiger partial charge in [0.25, 0.3) is 0 Å². The average molecular weight is 295 g/mol. The standard InChI is InChI=1S/C12H17N5O4/c1-13-8(18)6-15-11(21)17-12(3-2-4-12)10-14-5-7(16-10)9(19)20/h5H,2-4,6H2,1H3,(H,13,18)(H,14,16)(H,19,20)(H2,15,17,21). The van der Waals surface area contributed by atoms with Gasteiger partial charge in [-0.05, 0) is 19.3 Å². The van der Waals surface area contributed by atoms with Gasteiger partial charge in [0.05, 0.1) is 18.3 Å². The minimum absolute atomic E-state index is 0.0242. The molecule has 0 aliphatic heterocycles. The van der Waals surface area contributed by atoms with Crippen LogP contribution in [0.1, 0.15) is 35.6 Å². The fraction of sp³-hybridized carbons (Fsp3) is 0.500. The smallest absolute Gasteiger partial charge is 0.353 e. The highest BCUT2D eigenvalue weighted by Gasteiger charge is 2.43. The Morgan fingerprint density at radius 3 is 2.62 bits per heavy atom. The number of likely N-dealkylation sites (N-methyl/N-ethyl adjacent to an activating group) is 1. The zero-order chi connectivity index (χ0) is 15.5. The Morgan fingerprint density at radius 1 is 1.43 bits per heavy atom. The fourth-order valence-electron chi connectivity index (χ4n) is 2.13. The molecular formula is C12H17N5O4. The number of carbonyl (C=O) groups excluding carboxylic acids is 2. The SMILES string of the molecule is CNC(=O)CNC(=O)NC1(c2ncc(C(=O)O)[nH]2)CCC1. The van der Waals surface area contributed by atoms with Crippen LogP contribution < -0.4 is 16.0 Å². The molecule has 9 heteroatoms. The fourth-order valence-corrected chi connectivity index (χ4v) is 2.13. The van der Waals surface area contributed by atoms with Crippen LogP contribution in [0.5, 0.6) is 0 Å². The van der Waals surface area contributed by atoms with E-state index in [-0.39, 0.29) is 18.1 Å². The van der Waals surface area contributed by atoms with E-state index >= 15 is 0 Å². The van der Waals surface area contributed by atoms with Gasteiger partial charge in [0, 0.05) is 7.05 Å². The monoisotopic (exact) mass is 295 g/mol. The maximum atomic E-state index is 11.8. The Kier molecular flexibility index (Phi) is 4.10. The summed E-state index contributed by atoms with van der Waals surface area (Å²) in [5.74, 6) is -0.993. The van der Waals surface area contributed by atoms with Crippen LogP contribution >= 0.6 is 0 Å². The van der Waals surface area contributed by atoms with Crippen LogP contribution in [0.4, 0.5) is 4.79 Å². The van der Waals surface area contributed by atoms with E-state index in [0.717, 1.165) is 6.42 Å². The predicted octanol–water partition coefficient (Wildman–Crippen LogP) is -0.468. The highest BCUT2D eigenvalue weighted by Crippen LogP contribution is 2.39. The maximum absolute atomic E-state index is 11.8. The number of H-pyrrole nitrogens is 1. The van der Waals surface area contributed by atoms with Crippen molar-refractivity contribution in [3.63, 3.8) is 0 Å². The minimum Gasteiger partial charge on any atom is -0.477 e. The number of hydrogen-bond acceptors (Lipinski definition) is 4. The molecule has 1 aliphatic carbocycles. The molecule has 0 spiro atoms. The van der Waals surface area contributed by atoms with Gasteiger partial charge in [-0.15, -0.1) is 0 Å². The van der Waals surface area contributed by atoms with Gasteiger partial charge >= 0.3 is 12.0 Å². The number of nitrogens with zero attached hydrogens (tertiary/aromatic N) is 1. The van der Waals surface area contributed by atoms with Gasteiger partial charge in [0.1, 0.15) is 11.5 Å². The number of aromatic carboxylic acids is 1. The van der Waals surface area contributed by atoms with Gasteiger partial charge in [-0.25, -0.2) is 14.6 Å². The molecule has 0 bridgehead atoms. The number of imidazole rings is 1. The van der Waals surface area contributed by atoms with E-state index in [1.165, 1.54) is 13.2 Å². The molecule has 1 saturated carbocycles. The highest BCUT2D eigenvalue weighted by molar-refractivity contribution is 5.85. The molecule has 0 atom stereocenters. The van der Waals surface area contributed by atoms with Gasteiger partial charge in [0.15, 0.2) is 0 Å². The molecule has 5 N–H and O–H groups in total. The van der Waals surface area contributed by atoms with Gasteiger partial charge in [-0.1, -0.05) is 0 Å². The van der Waals surface area contributed by atoms with E-state index in [2.05, 4.69) is 25.9 Å². The van der Waals surface area contributed by atoms with Crippen molar-refractivity contribution in [3.8, 4) is 0 Å². The third kappa shape index (κ3) is 3.12. The maximum Gasteiger partial charge on any atom is 0.353 e. The summed E-state index contributed by atoms with van der Waals surface area (Å²) in [5.41, 5.74) is -0.718. The lowest BCUT2D eigenvalue weighted by molar-refractivity contribution is -0.119. The topological polar surface area (TPSA) is 136 Å². The summed E-state index contributed by atoms with van der Waals surface area (Å²) < 4.78 is 0. The number of carbonyl (C=O) groups is 3. The van der Waals surface area contributed by atoms with E-state index in [9.17, 15) is 14.4 Å². The van der Waals surface area contributed by atoms with Crippen molar-refractivity contribution in [2.45, 2.75) is 24.8 Å². The molecule has 1 fully saturated rings. The lowest BCUT2D eigenvalue weighted by atomic mass is 9.76. The minimum atomic E-state index is -1.10. The molecule has 0 aromatic carbocycles. The number of carboxylic acids is 1. The summed E-state index contributed by atoms with van der Waals surface area (Å²) in [4.78, 5) is 40.5. The molecule has 0 radical (unpaired) electrons. The molecule has 1 aliphatic rings. The van der Waals surface area contributed by atoms with E-state index in [4.69, 9.17) is 5.11 Å². The number of rotatable bonds is 5. The summed E-state index contributed by atoms with van der Waals surface area (Å²) in [6, 6.07) is -0.494. The second-order valence-electron chi connectivity index (χ2n) is 4.87. The number of aromatic amines is 1. The van der Waals surface area contributed by atoms with E-state index in [1.807, 2.05) is 0 Å². The third-order valence-corrected chi connectivity index (χ3v) is 3.51. The predicted molar refractivity (Wildman–Crippen MR) is 71.7 cm³/mol. The van der Waals surface area contributed by atoms with Crippen LogP contribution in [0.15, 0.2) is 6.20 Å². The zero-order valence-corrected chi connectivity index (χ0v) is 11.5. The lowest BCUT2D eigenvalue weighted by Gasteiger charge is -2.40. The second kappa shape index (κ2) is 5.81. The first-order valence-electron chi connectivity index (χ1n) is 6.52. The number of urea groups is 1. The first-order valence-corrected chi connectivity index (χ1v) is 6.52. The van der Waals surface area contributed by atoms with Crippen molar-refractivity contribution in [2.75, 3.05) is 13.6 Å². The highest BCUT2D eigenvalue weighted by atomic mass is 16.4. The van der Waals surface area contributed by atoms with Crippen molar-refractivity contribution in [2.24, 2.45) is 0 Å². The molecule has 0 saturated heterocycles. The van der Waals surface area contributed by atoms with Crippen LogP contribution in [0.25, 0.3) is 0 Å². The van der Waals surface area contributed by atoms with Gasteiger partial charge in [-0.3, -0.25) is 4.79 Å². The number of hydrogen-bond donors (Lipinski definition) is 5. The van der Waals surface area contributed by atoms with Crippen LogP contribution in [-0.4, -0.2) is 46.6 Å². The van der Waals surface area contributed by atoms with Crippen molar-refractivity contribution in [1.29, 1.82) is 0 Å². The summed E-state index contributed by atoms with van der Waals surface area (Å²) in [6.07, 6.45) is 3.45. The average Bonchev–Trinajstić information content (AvgIpc) is 2.90. The first kappa shape index (κ1) is 14.8. The molecule has 3 amide bonds. The Hall–Kier alpha value is -2.58. The molecule has 0 unspecified atom stereocenters. The van der Waals surface area contributed by atoms with E-state index < -0.39 is 17.5 Å². The second-order valence-corrected chi connectivity index (χ2v) is 4.87. The molecule has 1 aromatic heterocycles. The summed E-state index contributed by atoms with van der Waals surface area (Å²) in [5, 5.41) is 16.5. The molecule has 2 rings (SSSR count). The Bertz CT molecular complexity index is 564. The van der Waals surface area contributed by atoms with Gasteiger partial charge in [-0.2, -0.15) is 0 Å². The number of aromatic nitrogens is 2. The summed E-state index contributed by atoms with van der Waals surface area (Å²) >= 11 is 0. The van der Waals surface area contributed by atoms with E-state index in [1.54, 1.807) is 0 Å². The van der Waals surface area contributed by atoms with E-state index in [0.29, 0.717) is 18.7 Å². The van der Waals surface area contributed by atoms with Crippen molar-refractivity contribution in [3.05, 3.63) is 17.7 Å². The Labute approximate surface area is 120 Å². The van der Waals surface area contributed by atoms with Crippen molar-refractivity contribution in [1.82, 2.24) is 25.9 Å². The lowest BCUT2D eigenvalue weighted by Crippen LogP contribution is -2.55. The quantitative estimate of drug-likeness (QED) is 0.500. The summed E-state index contributed by atoms with van der Waals surface area (Å²) in [6.45, 7) is -0.128. The van der Waals surface area contributed by atoms with Crippen LogP contribution in [0.3, 0.4) is 0 Å². The van der Waals surface area contributed by atoms with Crippen molar-refractivity contribution >= 4 is 17.9 Å². The number of amides is 3. The first-order chi connectivity index (χ1) is 9.97. The molecule has 1 aromatic rings. The molecule has 1 heterocycles. The Morgan fingerprint density at radius 2 is 2.14 bits per heavy atom. The summed E-state index contributed by atoms with van der Waals surface area (Å²) in [7, 11) is 1.48. The number of nitrogens with one attached hydrogen (secondary N) is 4. The third-order valence-electron chi connectivity index (χ3n) is 3.51. The van der Waals surface area contributed by atoms with Gasteiger partial charge in [0.2, 0.25) is 5.91 Å². The number of carboxylic acid groups (broad SMARTS) is 1. The largest absolute Gasteiger partial charge is 0.477 e. The van der Waals surface area contributed by atoms with Gasteiger partial charge < -0.3 is 26.0 Å². The van der Waals surface area contributed by atoms with Crippen LogP contribution in [-0.2, 0) is 10.3 Å².